The monoisotopic (exact) mass is 247 g/mol. The van der Waals surface area contributed by atoms with Crippen LogP contribution in [0.1, 0.15) is 25.0 Å². The third-order valence-electron chi connectivity index (χ3n) is 2.54. The topological polar surface area (TPSA) is 66.4 Å². The molecule has 1 aromatic rings. The van der Waals surface area contributed by atoms with E-state index in [-0.39, 0.29) is 0 Å². The predicted octanol–water partition coefficient (Wildman–Crippen LogP) is 1.85. The van der Waals surface area contributed by atoms with Crippen molar-refractivity contribution in [1.82, 2.24) is 5.32 Å². The number of amides is 1. The number of carboxylic acid groups (broad SMARTS) is 1. The fraction of sp³-hybridized carbons (Fsp3) is 0.286. The minimum atomic E-state index is -1.05. The molecule has 0 fully saturated rings. The van der Waals surface area contributed by atoms with E-state index in [0.717, 1.165) is 12.0 Å². The van der Waals surface area contributed by atoms with Gasteiger partial charge in [-0.05, 0) is 30.5 Å². The number of nitrogens with one attached hydrogen (secondary N) is 1. The largest absolute Gasteiger partial charge is 0.480 e. The van der Waals surface area contributed by atoms with Crippen LogP contribution in [0.2, 0.25) is 0 Å². The molecule has 4 heteroatoms. The van der Waals surface area contributed by atoms with Crippen molar-refractivity contribution in [3.05, 3.63) is 41.5 Å². The molecule has 1 amide bonds. The van der Waals surface area contributed by atoms with Crippen LogP contribution in [0.3, 0.4) is 0 Å². The number of benzene rings is 1. The van der Waals surface area contributed by atoms with E-state index in [1.807, 2.05) is 24.3 Å². The third-order valence-corrected chi connectivity index (χ3v) is 2.54. The van der Waals surface area contributed by atoms with Crippen LogP contribution in [0.25, 0.3) is 6.08 Å². The molecule has 1 rings (SSSR count). The molecule has 96 valence electrons. The lowest BCUT2D eigenvalue weighted by Gasteiger charge is -2.05. The van der Waals surface area contributed by atoms with Crippen molar-refractivity contribution in [3.8, 4) is 0 Å². The average molecular weight is 247 g/mol. The Labute approximate surface area is 106 Å². The highest BCUT2D eigenvalue weighted by Gasteiger charge is 2.11. The van der Waals surface area contributed by atoms with Crippen LogP contribution in [0.15, 0.2) is 30.3 Å². The molecule has 0 saturated carbocycles. The zero-order valence-electron chi connectivity index (χ0n) is 10.5. The number of hydrogen-bond acceptors (Lipinski definition) is 2. The summed E-state index contributed by atoms with van der Waals surface area (Å²) >= 11 is 0. The molecule has 0 aliphatic heterocycles. The van der Waals surface area contributed by atoms with Crippen LogP contribution in [0.4, 0.5) is 0 Å². The van der Waals surface area contributed by atoms with Crippen LogP contribution in [-0.2, 0) is 16.0 Å². The van der Waals surface area contributed by atoms with Gasteiger partial charge in [-0.15, -0.1) is 0 Å². The van der Waals surface area contributed by atoms with Gasteiger partial charge in [-0.2, -0.15) is 0 Å². The van der Waals surface area contributed by atoms with Crippen LogP contribution >= 0.6 is 0 Å². The smallest absolute Gasteiger partial charge is 0.325 e. The first-order chi connectivity index (χ1) is 8.52. The van der Waals surface area contributed by atoms with Crippen molar-refractivity contribution in [2.75, 3.05) is 0 Å². The molecule has 0 aliphatic carbocycles. The minimum Gasteiger partial charge on any atom is -0.480 e. The van der Waals surface area contributed by atoms with Crippen molar-refractivity contribution < 1.29 is 14.7 Å². The van der Waals surface area contributed by atoms with E-state index in [1.165, 1.54) is 18.6 Å². The molecule has 0 heterocycles. The maximum atomic E-state index is 11.4. The predicted molar refractivity (Wildman–Crippen MR) is 70.1 cm³/mol. The van der Waals surface area contributed by atoms with Gasteiger partial charge < -0.3 is 10.4 Å². The van der Waals surface area contributed by atoms with Crippen LogP contribution in [0, 0.1) is 0 Å². The van der Waals surface area contributed by atoms with Gasteiger partial charge in [-0.3, -0.25) is 9.59 Å². The number of rotatable bonds is 5. The van der Waals surface area contributed by atoms with E-state index in [1.54, 1.807) is 6.08 Å². The second-order valence-corrected chi connectivity index (χ2v) is 4.00. The van der Waals surface area contributed by atoms with Crippen molar-refractivity contribution >= 4 is 18.0 Å². The summed E-state index contributed by atoms with van der Waals surface area (Å²) in [7, 11) is 0. The normalized spacial score (nSPS) is 12.3. The van der Waals surface area contributed by atoms with Gasteiger partial charge in [0, 0.05) is 6.08 Å². The Kier molecular flexibility index (Phi) is 5.11. The Bertz CT molecular complexity index is 449. The number of carboxylic acids is 1. The van der Waals surface area contributed by atoms with Crippen molar-refractivity contribution in [2.24, 2.45) is 0 Å². The van der Waals surface area contributed by atoms with Gasteiger partial charge in [-0.25, -0.2) is 0 Å². The van der Waals surface area contributed by atoms with E-state index in [2.05, 4.69) is 12.2 Å². The first-order valence-corrected chi connectivity index (χ1v) is 5.83. The van der Waals surface area contributed by atoms with Crippen molar-refractivity contribution in [2.45, 2.75) is 26.3 Å². The molecule has 1 atom stereocenters. The number of aryl methyl sites for hydroxylation is 1. The maximum Gasteiger partial charge on any atom is 0.325 e. The molecule has 0 aliphatic rings. The van der Waals surface area contributed by atoms with Gasteiger partial charge >= 0.3 is 5.97 Å². The molecular weight excluding hydrogens is 230 g/mol. The first kappa shape index (κ1) is 14.0. The molecule has 0 bridgehead atoms. The molecule has 4 nitrogen and oxygen atoms in total. The van der Waals surface area contributed by atoms with Gasteiger partial charge in [-0.1, -0.05) is 31.2 Å². The molecule has 0 saturated heterocycles. The summed E-state index contributed by atoms with van der Waals surface area (Å²) in [5.41, 5.74) is 2.14. The summed E-state index contributed by atoms with van der Waals surface area (Å²) < 4.78 is 0. The number of hydrogen-bond donors (Lipinski definition) is 2. The van der Waals surface area contributed by atoms with Gasteiger partial charge in [0.2, 0.25) is 5.91 Å². The Morgan fingerprint density at radius 2 is 1.94 bits per heavy atom. The summed E-state index contributed by atoms with van der Waals surface area (Å²) in [5.74, 6) is -1.46. The molecule has 0 radical (unpaired) electrons. The Morgan fingerprint density at radius 3 is 2.44 bits per heavy atom. The molecule has 0 unspecified atom stereocenters. The van der Waals surface area contributed by atoms with Crippen LogP contribution in [0.5, 0.6) is 0 Å². The van der Waals surface area contributed by atoms with E-state index in [9.17, 15) is 9.59 Å². The number of carbonyl (C=O) groups excluding carboxylic acids is 1. The van der Waals surface area contributed by atoms with Gasteiger partial charge in [0.25, 0.3) is 0 Å². The van der Waals surface area contributed by atoms with Crippen LogP contribution in [-0.4, -0.2) is 23.0 Å². The lowest BCUT2D eigenvalue weighted by molar-refractivity contribution is -0.140. The molecule has 18 heavy (non-hydrogen) atoms. The molecule has 0 spiro atoms. The summed E-state index contributed by atoms with van der Waals surface area (Å²) in [4.78, 5) is 21.9. The second-order valence-electron chi connectivity index (χ2n) is 4.00. The second kappa shape index (κ2) is 6.59. The van der Waals surface area contributed by atoms with E-state index < -0.39 is 17.9 Å². The lowest BCUT2D eigenvalue weighted by atomic mass is 10.1. The fourth-order valence-corrected chi connectivity index (χ4v) is 1.36. The van der Waals surface area contributed by atoms with E-state index in [4.69, 9.17) is 5.11 Å². The standard InChI is InChI=1S/C14H17NO3/c1-3-11-4-6-12(7-5-11)8-9-13(16)15-10(2)14(17)18/h4-10H,3H2,1-2H3,(H,15,16)(H,17,18)/t10-/m1/s1. The molecule has 1 aromatic carbocycles. The Morgan fingerprint density at radius 1 is 1.33 bits per heavy atom. The summed E-state index contributed by atoms with van der Waals surface area (Å²) in [5, 5.41) is 11.0. The SMILES string of the molecule is CCc1ccc(C=CC(=O)N[C@H](C)C(=O)O)cc1. The van der Waals surface area contributed by atoms with Gasteiger partial charge in [0.15, 0.2) is 0 Å². The highest BCUT2D eigenvalue weighted by atomic mass is 16.4. The quantitative estimate of drug-likeness (QED) is 0.780. The zero-order chi connectivity index (χ0) is 13.5. The summed E-state index contributed by atoms with van der Waals surface area (Å²) in [6.45, 7) is 3.50. The van der Waals surface area contributed by atoms with Gasteiger partial charge in [0.1, 0.15) is 6.04 Å². The minimum absolute atomic E-state index is 0.413. The average Bonchev–Trinajstić information content (AvgIpc) is 2.36. The highest BCUT2D eigenvalue weighted by Crippen LogP contribution is 2.06. The van der Waals surface area contributed by atoms with E-state index >= 15 is 0 Å². The third kappa shape index (κ3) is 4.41. The lowest BCUT2D eigenvalue weighted by Crippen LogP contribution is -2.37. The molecule has 2 N–H and O–H groups in total. The van der Waals surface area contributed by atoms with Crippen molar-refractivity contribution in [1.29, 1.82) is 0 Å². The Balaban J connectivity index is 2.57. The summed E-state index contributed by atoms with van der Waals surface area (Å²) in [6, 6.07) is 6.95. The first-order valence-electron chi connectivity index (χ1n) is 5.83. The molecule has 0 aromatic heterocycles. The van der Waals surface area contributed by atoms with Crippen molar-refractivity contribution in [3.63, 3.8) is 0 Å². The fourth-order valence-electron chi connectivity index (χ4n) is 1.36. The number of aliphatic carboxylic acids is 1. The molecular formula is C14H17NO3. The van der Waals surface area contributed by atoms with E-state index in [0.29, 0.717) is 0 Å². The maximum absolute atomic E-state index is 11.4. The summed E-state index contributed by atoms with van der Waals surface area (Å²) in [6.07, 6.45) is 3.96. The zero-order valence-corrected chi connectivity index (χ0v) is 10.5. The van der Waals surface area contributed by atoms with Gasteiger partial charge in [0.05, 0.1) is 0 Å². The highest BCUT2D eigenvalue weighted by molar-refractivity contribution is 5.94. The number of carbonyl (C=O) groups is 2. The Hall–Kier alpha value is -2.10. The van der Waals surface area contributed by atoms with Crippen LogP contribution < -0.4 is 5.32 Å².